The van der Waals surface area contributed by atoms with Crippen LogP contribution in [-0.2, 0) is 15.3 Å². The molecule has 0 amide bonds. The average Bonchev–Trinajstić information content (AvgIpc) is 2.25. The molecule has 0 aliphatic heterocycles. The zero-order valence-corrected chi connectivity index (χ0v) is 10.3. The maximum absolute atomic E-state index is 11.1. The van der Waals surface area contributed by atoms with Crippen molar-refractivity contribution in [2.24, 2.45) is 0 Å². The fourth-order valence-corrected chi connectivity index (χ4v) is 2.16. The Kier molecular flexibility index (Phi) is 5.19. The highest BCUT2D eigenvalue weighted by molar-refractivity contribution is 7.99. The molecule has 0 aliphatic carbocycles. The van der Waals surface area contributed by atoms with E-state index in [4.69, 9.17) is 4.74 Å². The van der Waals surface area contributed by atoms with E-state index in [0.29, 0.717) is 23.9 Å². The van der Waals surface area contributed by atoms with Crippen LogP contribution < -0.4 is 0 Å². The van der Waals surface area contributed by atoms with Crippen molar-refractivity contribution in [3.05, 3.63) is 29.3 Å². The van der Waals surface area contributed by atoms with Crippen LogP contribution in [0.3, 0.4) is 0 Å². The van der Waals surface area contributed by atoms with Crippen molar-refractivity contribution < 1.29 is 14.6 Å². The molecule has 0 atom stereocenters. The van der Waals surface area contributed by atoms with Crippen molar-refractivity contribution in [2.75, 3.05) is 12.4 Å². The van der Waals surface area contributed by atoms with E-state index in [1.165, 1.54) is 11.8 Å². The third-order valence-corrected chi connectivity index (χ3v) is 3.16. The standard InChI is InChI=1S/C12H16O3S/c1-3-15-12(14)8-16-7-10-5-4-6-11(13)9(10)2/h4-6,13H,3,7-8H2,1-2H3. The first kappa shape index (κ1) is 12.9. The maximum atomic E-state index is 11.1. The molecule has 0 aromatic heterocycles. The van der Waals surface area contributed by atoms with E-state index >= 15 is 0 Å². The van der Waals surface area contributed by atoms with Gasteiger partial charge in [-0.1, -0.05) is 12.1 Å². The number of phenols is 1. The van der Waals surface area contributed by atoms with Crippen LogP contribution >= 0.6 is 11.8 Å². The van der Waals surface area contributed by atoms with Crippen LogP contribution in [0, 0.1) is 6.92 Å². The molecule has 0 aliphatic rings. The van der Waals surface area contributed by atoms with Gasteiger partial charge in [-0.2, -0.15) is 0 Å². The number of esters is 1. The van der Waals surface area contributed by atoms with Crippen LogP contribution in [0.4, 0.5) is 0 Å². The third kappa shape index (κ3) is 3.77. The predicted molar refractivity (Wildman–Crippen MR) is 65.6 cm³/mol. The van der Waals surface area contributed by atoms with Gasteiger partial charge in [0.1, 0.15) is 5.75 Å². The van der Waals surface area contributed by atoms with Gasteiger partial charge < -0.3 is 9.84 Å². The third-order valence-electron chi connectivity index (χ3n) is 2.20. The lowest BCUT2D eigenvalue weighted by atomic mass is 10.1. The number of ether oxygens (including phenoxy) is 1. The summed E-state index contributed by atoms with van der Waals surface area (Å²) in [6, 6.07) is 5.42. The molecule has 0 heterocycles. The summed E-state index contributed by atoms with van der Waals surface area (Å²) in [4.78, 5) is 11.1. The number of hydrogen-bond acceptors (Lipinski definition) is 4. The summed E-state index contributed by atoms with van der Waals surface area (Å²) in [5, 5.41) is 9.49. The maximum Gasteiger partial charge on any atom is 0.315 e. The second kappa shape index (κ2) is 6.43. The highest BCUT2D eigenvalue weighted by Gasteiger charge is 2.05. The molecule has 1 rings (SSSR count). The summed E-state index contributed by atoms with van der Waals surface area (Å²) >= 11 is 1.49. The molecule has 88 valence electrons. The van der Waals surface area contributed by atoms with Gasteiger partial charge in [0.2, 0.25) is 0 Å². The summed E-state index contributed by atoms with van der Waals surface area (Å²) < 4.78 is 4.82. The Morgan fingerprint density at radius 2 is 2.25 bits per heavy atom. The zero-order valence-electron chi connectivity index (χ0n) is 9.53. The normalized spacial score (nSPS) is 10.1. The number of carbonyl (C=O) groups excluding carboxylic acids is 1. The fourth-order valence-electron chi connectivity index (χ4n) is 1.27. The molecule has 0 bridgehead atoms. The van der Waals surface area contributed by atoms with Crippen LogP contribution in [0.15, 0.2) is 18.2 Å². The van der Waals surface area contributed by atoms with Gasteiger partial charge in [0.05, 0.1) is 12.4 Å². The molecule has 1 N–H and O–H groups in total. The predicted octanol–water partition coefficient (Wildman–Crippen LogP) is 2.50. The molecular formula is C12H16O3S. The molecule has 0 radical (unpaired) electrons. The Bertz CT molecular complexity index is 363. The SMILES string of the molecule is CCOC(=O)CSCc1cccc(O)c1C. The van der Waals surface area contributed by atoms with Crippen LogP contribution in [0.5, 0.6) is 5.75 Å². The van der Waals surface area contributed by atoms with E-state index in [1.807, 2.05) is 19.1 Å². The van der Waals surface area contributed by atoms with Gasteiger partial charge in [-0.15, -0.1) is 11.8 Å². The topological polar surface area (TPSA) is 46.5 Å². The Balaban J connectivity index is 2.43. The van der Waals surface area contributed by atoms with Crippen LogP contribution in [0.1, 0.15) is 18.1 Å². The van der Waals surface area contributed by atoms with E-state index in [-0.39, 0.29) is 5.97 Å². The first-order chi connectivity index (χ1) is 7.65. The smallest absolute Gasteiger partial charge is 0.315 e. The fraction of sp³-hybridized carbons (Fsp3) is 0.417. The van der Waals surface area contributed by atoms with Gasteiger partial charge in [0, 0.05) is 5.75 Å². The molecule has 0 fully saturated rings. The minimum absolute atomic E-state index is 0.190. The van der Waals surface area contributed by atoms with Crippen molar-refractivity contribution in [1.29, 1.82) is 0 Å². The Morgan fingerprint density at radius 3 is 2.94 bits per heavy atom. The minimum Gasteiger partial charge on any atom is -0.508 e. The van der Waals surface area contributed by atoms with Crippen LogP contribution in [-0.4, -0.2) is 23.4 Å². The largest absolute Gasteiger partial charge is 0.508 e. The number of thioether (sulfide) groups is 1. The Labute approximate surface area is 99.8 Å². The lowest BCUT2D eigenvalue weighted by molar-refractivity contribution is -0.139. The van der Waals surface area contributed by atoms with Crippen molar-refractivity contribution in [2.45, 2.75) is 19.6 Å². The Hall–Kier alpha value is -1.16. The average molecular weight is 240 g/mol. The monoisotopic (exact) mass is 240 g/mol. The number of carbonyl (C=O) groups is 1. The molecule has 1 aromatic carbocycles. The molecule has 0 saturated carbocycles. The highest BCUT2D eigenvalue weighted by atomic mass is 32.2. The number of phenolic OH excluding ortho intramolecular Hbond substituents is 1. The van der Waals surface area contributed by atoms with Crippen molar-refractivity contribution >= 4 is 17.7 Å². The van der Waals surface area contributed by atoms with Gasteiger partial charge >= 0.3 is 5.97 Å². The second-order valence-corrected chi connectivity index (χ2v) is 4.34. The van der Waals surface area contributed by atoms with Crippen LogP contribution in [0.2, 0.25) is 0 Å². The Morgan fingerprint density at radius 1 is 1.50 bits per heavy atom. The molecule has 16 heavy (non-hydrogen) atoms. The summed E-state index contributed by atoms with van der Waals surface area (Å²) in [5.74, 6) is 1.17. The summed E-state index contributed by atoms with van der Waals surface area (Å²) in [5.41, 5.74) is 1.92. The quantitative estimate of drug-likeness (QED) is 0.803. The van der Waals surface area contributed by atoms with Gasteiger partial charge in [-0.05, 0) is 31.0 Å². The molecule has 1 aromatic rings. The number of benzene rings is 1. The van der Waals surface area contributed by atoms with Gasteiger partial charge in [-0.3, -0.25) is 4.79 Å². The molecule has 0 spiro atoms. The van der Waals surface area contributed by atoms with Crippen molar-refractivity contribution in [3.8, 4) is 5.75 Å². The molecule has 3 nitrogen and oxygen atoms in total. The van der Waals surface area contributed by atoms with Crippen molar-refractivity contribution in [3.63, 3.8) is 0 Å². The van der Waals surface area contributed by atoms with E-state index < -0.39 is 0 Å². The summed E-state index contributed by atoms with van der Waals surface area (Å²) in [7, 11) is 0. The highest BCUT2D eigenvalue weighted by Crippen LogP contribution is 2.23. The lowest BCUT2D eigenvalue weighted by Gasteiger charge is -2.06. The number of aromatic hydroxyl groups is 1. The van der Waals surface area contributed by atoms with E-state index in [9.17, 15) is 9.90 Å². The van der Waals surface area contributed by atoms with Crippen molar-refractivity contribution in [1.82, 2.24) is 0 Å². The van der Waals surface area contributed by atoms with Crippen LogP contribution in [0.25, 0.3) is 0 Å². The number of hydrogen-bond donors (Lipinski definition) is 1. The molecule has 0 unspecified atom stereocenters. The van der Waals surface area contributed by atoms with E-state index in [1.54, 1.807) is 13.0 Å². The number of rotatable bonds is 5. The van der Waals surface area contributed by atoms with Gasteiger partial charge in [-0.25, -0.2) is 0 Å². The van der Waals surface area contributed by atoms with Gasteiger partial charge in [0.25, 0.3) is 0 Å². The van der Waals surface area contributed by atoms with Gasteiger partial charge in [0.15, 0.2) is 0 Å². The van der Waals surface area contributed by atoms with E-state index in [0.717, 1.165) is 11.1 Å². The lowest BCUT2D eigenvalue weighted by Crippen LogP contribution is -2.06. The zero-order chi connectivity index (χ0) is 12.0. The second-order valence-electron chi connectivity index (χ2n) is 3.36. The first-order valence-electron chi connectivity index (χ1n) is 5.16. The molecular weight excluding hydrogens is 224 g/mol. The summed E-state index contributed by atoms with van der Waals surface area (Å²) in [6.45, 7) is 4.09. The minimum atomic E-state index is -0.190. The molecule has 0 saturated heterocycles. The van der Waals surface area contributed by atoms with E-state index in [2.05, 4.69) is 0 Å². The summed E-state index contributed by atoms with van der Waals surface area (Å²) in [6.07, 6.45) is 0. The molecule has 4 heteroatoms. The first-order valence-corrected chi connectivity index (χ1v) is 6.31.